The zero-order valence-electron chi connectivity index (χ0n) is 18.7. The SMILES string of the molecule is COc1ccc(OC)c(N(CC(=O)Nc2ccc(Cl)cc2C(=O)c2ccccc2)S(C)(=O)=O)c1. The van der Waals surface area contributed by atoms with Crippen LogP contribution in [0, 0.1) is 0 Å². The van der Waals surface area contributed by atoms with Gasteiger partial charge in [0.15, 0.2) is 5.78 Å². The number of anilines is 2. The van der Waals surface area contributed by atoms with E-state index in [4.69, 9.17) is 21.1 Å². The van der Waals surface area contributed by atoms with Crippen molar-refractivity contribution in [2.75, 3.05) is 36.6 Å². The lowest BCUT2D eigenvalue weighted by molar-refractivity contribution is -0.114. The molecule has 0 radical (unpaired) electrons. The van der Waals surface area contributed by atoms with Crippen LogP contribution in [0.15, 0.2) is 66.7 Å². The Kier molecular flexibility index (Phi) is 7.80. The monoisotopic (exact) mass is 502 g/mol. The number of amides is 1. The van der Waals surface area contributed by atoms with E-state index in [-0.39, 0.29) is 28.5 Å². The first kappa shape index (κ1) is 25.1. The maximum atomic E-state index is 13.0. The maximum absolute atomic E-state index is 13.0. The van der Waals surface area contributed by atoms with Crippen LogP contribution in [0.1, 0.15) is 15.9 Å². The number of nitrogens with zero attached hydrogens (tertiary/aromatic N) is 1. The van der Waals surface area contributed by atoms with Gasteiger partial charge in [0, 0.05) is 22.2 Å². The molecule has 0 aliphatic rings. The number of benzene rings is 3. The highest BCUT2D eigenvalue weighted by molar-refractivity contribution is 7.92. The van der Waals surface area contributed by atoms with Crippen LogP contribution < -0.4 is 19.1 Å². The number of ketones is 1. The van der Waals surface area contributed by atoms with Crippen molar-refractivity contribution in [2.45, 2.75) is 0 Å². The molecule has 34 heavy (non-hydrogen) atoms. The predicted octanol–water partition coefficient (Wildman–Crippen LogP) is 3.99. The second-order valence-corrected chi connectivity index (χ2v) is 9.58. The Morgan fingerprint density at radius 2 is 1.68 bits per heavy atom. The minimum atomic E-state index is -3.89. The fourth-order valence-electron chi connectivity index (χ4n) is 3.25. The van der Waals surface area contributed by atoms with E-state index in [0.717, 1.165) is 10.6 Å². The van der Waals surface area contributed by atoms with Crippen molar-refractivity contribution in [2.24, 2.45) is 0 Å². The highest BCUT2D eigenvalue weighted by atomic mass is 35.5. The third-order valence-electron chi connectivity index (χ3n) is 4.88. The molecule has 0 aromatic heterocycles. The molecule has 3 aromatic carbocycles. The number of halogens is 1. The summed E-state index contributed by atoms with van der Waals surface area (Å²) in [6.07, 6.45) is 0.978. The van der Waals surface area contributed by atoms with Crippen molar-refractivity contribution in [1.82, 2.24) is 0 Å². The molecule has 0 bridgehead atoms. The van der Waals surface area contributed by atoms with Crippen LogP contribution in [-0.4, -0.2) is 47.1 Å². The van der Waals surface area contributed by atoms with Gasteiger partial charge >= 0.3 is 0 Å². The van der Waals surface area contributed by atoms with Crippen LogP contribution in [0.4, 0.5) is 11.4 Å². The lowest BCUT2D eigenvalue weighted by atomic mass is 10.0. The van der Waals surface area contributed by atoms with Gasteiger partial charge in [0.05, 0.1) is 31.9 Å². The fourth-order valence-corrected chi connectivity index (χ4v) is 4.28. The van der Waals surface area contributed by atoms with Gasteiger partial charge in [0.1, 0.15) is 18.0 Å². The van der Waals surface area contributed by atoms with Gasteiger partial charge in [-0.25, -0.2) is 8.42 Å². The standard InChI is InChI=1S/C24H23ClN2O6S/c1-32-18-10-12-22(33-2)21(14-18)27(34(3,30)31)15-23(28)26-20-11-9-17(25)13-19(20)24(29)16-7-5-4-6-8-16/h4-14H,15H2,1-3H3,(H,26,28). The van der Waals surface area contributed by atoms with Gasteiger partial charge in [-0.3, -0.25) is 13.9 Å². The van der Waals surface area contributed by atoms with Crippen molar-refractivity contribution in [3.63, 3.8) is 0 Å². The lowest BCUT2D eigenvalue weighted by Crippen LogP contribution is -2.37. The summed E-state index contributed by atoms with van der Waals surface area (Å²) in [5.74, 6) is -0.378. The molecule has 3 rings (SSSR count). The summed E-state index contributed by atoms with van der Waals surface area (Å²) in [5.41, 5.74) is 0.932. The van der Waals surface area contributed by atoms with Gasteiger partial charge in [-0.1, -0.05) is 41.9 Å². The molecule has 0 aliphatic heterocycles. The Labute approximate surface area is 203 Å². The van der Waals surface area contributed by atoms with Crippen LogP contribution in [0.25, 0.3) is 0 Å². The number of sulfonamides is 1. The van der Waals surface area contributed by atoms with Crippen molar-refractivity contribution in [3.05, 3.63) is 82.9 Å². The van der Waals surface area contributed by atoms with Crippen LogP contribution in [0.5, 0.6) is 11.5 Å². The molecule has 0 aliphatic carbocycles. The molecule has 1 amide bonds. The van der Waals surface area contributed by atoms with Crippen LogP contribution in [0.3, 0.4) is 0 Å². The second kappa shape index (κ2) is 10.6. The summed E-state index contributed by atoms with van der Waals surface area (Å²) in [5, 5.41) is 2.95. The van der Waals surface area contributed by atoms with Gasteiger partial charge in [-0.05, 0) is 30.3 Å². The maximum Gasteiger partial charge on any atom is 0.245 e. The Bertz CT molecular complexity index is 1310. The second-order valence-electron chi connectivity index (χ2n) is 7.24. The Hall–Kier alpha value is -3.56. The topological polar surface area (TPSA) is 102 Å². The van der Waals surface area contributed by atoms with Crippen molar-refractivity contribution in [3.8, 4) is 11.5 Å². The Morgan fingerprint density at radius 3 is 2.29 bits per heavy atom. The largest absolute Gasteiger partial charge is 0.497 e. The van der Waals surface area contributed by atoms with E-state index in [0.29, 0.717) is 16.3 Å². The average Bonchev–Trinajstić information content (AvgIpc) is 2.82. The van der Waals surface area contributed by atoms with Crippen molar-refractivity contribution >= 4 is 44.7 Å². The summed E-state index contributed by atoms with van der Waals surface area (Å²) >= 11 is 6.09. The molecule has 10 heteroatoms. The van der Waals surface area contributed by atoms with E-state index in [1.165, 1.54) is 38.5 Å². The van der Waals surface area contributed by atoms with Crippen molar-refractivity contribution < 1.29 is 27.5 Å². The Balaban J connectivity index is 1.93. The molecule has 178 valence electrons. The number of carbonyl (C=O) groups is 2. The molecular formula is C24H23ClN2O6S. The average molecular weight is 503 g/mol. The first-order chi connectivity index (χ1) is 16.1. The number of methoxy groups -OCH3 is 2. The smallest absolute Gasteiger partial charge is 0.245 e. The van der Waals surface area contributed by atoms with Gasteiger partial charge in [0.25, 0.3) is 0 Å². The van der Waals surface area contributed by atoms with Crippen molar-refractivity contribution in [1.29, 1.82) is 0 Å². The summed E-state index contributed by atoms with van der Waals surface area (Å²) in [7, 11) is -1.06. The molecule has 8 nitrogen and oxygen atoms in total. The van der Waals surface area contributed by atoms with E-state index in [1.54, 1.807) is 42.5 Å². The molecule has 0 fully saturated rings. The highest BCUT2D eigenvalue weighted by Gasteiger charge is 2.25. The van der Waals surface area contributed by atoms with Gasteiger partial charge in [0.2, 0.25) is 15.9 Å². The normalized spacial score (nSPS) is 10.9. The predicted molar refractivity (Wildman–Crippen MR) is 132 cm³/mol. The molecule has 0 spiro atoms. The number of nitrogens with one attached hydrogen (secondary N) is 1. The molecule has 0 saturated carbocycles. The fraction of sp³-hybridized carbons (Fsp3) is 0.167. The number of ether oxygens (including phenoxy) is 2. The summed E-state index contributed by atoms with van der Waals surface area (Å²) in [6.45, 7) is -0.566. The third-order valence-corrected chi connectivity index (χ3v) is 6.24. The minimum Gasteiger partial charge on any atom is -0.497 e. The molecule has 0 unspecified atom stereocenters. The molecular weight excluding hydrogens is 480 g/mol. The minimum absolute atomic E-state index is 0.135. The third kappa shape index (κ3) is 5.86. The molecule has 0 heterocycles. The molecule has 1 N–H and O–H groups in total. The van der Waals surface area contributed by atoms with E-state index in [9.17, 15) is 18.0 Å². The zero-order valence-corrected chi connectivity index (χ0v) is 20.3. The van der Waals surface area contributed by atoms with Crippen LogP contribution in [-0.2, 0) is 14.8 Å². The zero-order chi connectivity index (χ0) is 24.9. The van der Waals surface area contributed by atoms with Gasteiger partial charge in [-0.2, -0.15) is 0 Å². The number of rotatable bonds is 9. The first-order valence-corrected chi connectivity index (χ1v) is 12.3. The quantitative estimate of drug-likeness (QED) is 0.444. The summed E-state index contributed by atoms with van der Waals surface area (Å²) in [4.78, 5) is 26.0. The number of carbonyl (C=O) groups excluding carboxylic acids is 2. The summed E-state index contributed by atoms with van der Waals surface area (Å²) in [6, 6.07) is 17.6. The molecule has 3 aromatic rings. The van der Waals surface area contributed by atoms with Gasteiger partial charge in [-0.15, -0.1) is 0 Å². The van der Waals surface area contributed by atoms with Crippen LogP contribution in [0.2, 0.25) is 5.02 Å². The van der Waals surface area contributed by atoms with Crippen LogP contribution >= 0.6 is 11.6 Å². The molecule has 0 atom stereocenters. The van der Waals surface area contributed by atoms with E-state index in [1.807, 2.05) is 0 Å². The number of hydrogen-bond acceptors (Lipinski definition) is 6. The van der Waals surface area contributed by atoms with E-state index in [2.05, 4.69) is 5.32 Å². The highest BCUT2D eigenvalue weighted by Crippen LogP contribution is 2.34. The Morgan fingerprint density at radius 1 is 0.971 bits per heavy atom. The lowest BCUT2D eigenvalue weighted by Gasteiger charge is -2.24. The number of hydrogen-bond donors (Lipinski definition) is 1. The molecule has 0 saturated heterocycles. The van der Waals surface area contributed by atoms with E-state index < -0.39 is 22.5 Å². The van der Waals surface area contributed by atoms with Gasteiger partial charge < -0.3 is 14.8 Å². The van der Waals surface area contributed by atoms with E-state index >= 15 is 0 Å². The summed E-state index contributed by atoms with van der Waals surface area (Å²) < 4.78 is 36.5. The first-order valence-electron chi connectivity index (χ1n) is 10.0.